The minimum atomic E-state index is -0.104. The molecule has 1 aromatic carbocycles. The maximum absolute atomic E-state index is 12.8. The number of hydrogen-bond donors (Lipinski definition) is 2. The Hall–Kier alpha value is -2.62. The number of halogens is 1. The molecule has 0 radical (unpaired) electrons. The lowest BCUT2D eigenvalue weighted by Crippen LogP contribution is -2.25. The molecule has 0 aliphatic rings. The Morgan fingerprint density at radius 1 is 1.32 bits per heavy atom. The van der Waals surface area contributed by atoms with E-state index >= 15 is 0 Å². The minimum absolute atomic E-state index is 0.104. The molecule has 1 amide bonds. The molecule has 0 aliphatic heterocycles. The second kappa shape index (κ2) is 7.98. The summed E-state index contributed by atoms with van der Waals surface area (Å²) >= 11 is 0. The first kappa shape index (κ1) is 15.8. The van der Waals surface area contributed by atoms with Crippen molar-refractivity contribution in [2.75, 3.05) is 0 Å². The van der Waals surface area contributed by atoms with Crippen molar-refractivity contribution in [1.82, 2.24) is 10.3 Å². The highest BCUT2D eigenvalue weighted by Crippen LogP contribution is 1.98. The normalized spacial score (nSPS) is 13.0. The van der Waals surface area contributed by atoms with Crippen molar-refractivity contribution < 1.29 is 9.18 Å². The molecule has 3 nitrogen and oxygen atoms in total. The lowest BCUT2D eigenvalue weighted by atomic mass is 10.2. The molecule has 0 bridgehead atoms. The SMILES string of the molecule is C\C=C/C=c1/[nH]c(CC(=O)NCc2ccccc2)c/c1=C\F. The predicted octanol–water partition coefficient (Wildman–Crippen LogP) is 1.94. The predicted molar refractivity (Wildman–Crippen MR) is 86.9 cm³/mol. The molecule has 2 aromatic rings. The molecule has 0 unspecified atom stereocenters. The zero-order chi connectivity index (χ0) is 15.8. The van der Waals surface area contributed by atoms with E-state index in [0.29, 0.717) is 29.1 Å². The van der Waals surface area contributed by atoms with Crippen LogP contribution in [0.15, 0.2) is 48.6 Å². The van der Waals surface area contributed by atoms with Crippen LogP contribution < -0.4 is 15.9 Å². The molecule has 0 saturated heterocycles. The van der Waals surface area contributed by atoms with Crippen LogP contribution in [0.2, 0.25) is 0 Å². The van der Waals surface area contributed by atoms with Crippen molar-refractivity contribution in [3.63, 3.8) is 0 Å². The van der Waals surface area contributed by atoms with Crippen molar-refractivity contribution in [3.05, 3.63) is 70.4 Å². The molecule has 0 spiro atoms. The van der Waals surface area contributed by atoms with E-state index < -0.39 is 0 Å². The molecule has 0 fully saturated rings. The molecular weight excluding hydrogens is 279 g/mol. The van der Waals surface area contributed by atoms with Gasteiger partial charge in [-0.2, -0.15) is 0 Å². The maximum Gasteiger partial charge on any atom is 0.226 e. The van der Waals surface area contributed by atoms with Crippen LogP contribution in [-0.2, 0) is 17.8 Å². The van der Waals surface area contributed by atoms with Crippen molar-refractivity contribution in [2.45, 2.75) is 19.9 Å². The summed E-state index contributed by atoms with van der Waals surface area (Å²) in [6, 6.07) is 11.3. The van der Waals surface area contributed by atoms with Gasteiger partial charge in [-0.15, -0.1) is 0 Å². The van der Waals surface area contributed by atoms with E-state index in [9.17, 15) is 9.18 Å². The van der Waals surface area contributed by atoms with E-state index in [1.165, 1.54) is 0 Å². The molecular formula is C18H19FN2O. The van der Waals surface area contributed by atoms with E-state index in [0.717, 1.165) is 5.56 Å². The Morgan fingerprint density at radius 3 is 2.77 bits per heavy atom. The van der Waals surface area contributed by atoms with Gasteiger partial charge in [0.2, 0.25) is 5.91 Å². The van der Waals surface area contributed by atoms with E-state index in [1.54, 1.807) is 12.1 Å². The standard InChI is InChI=1S/C18H19FN2O/c1-2-3-9-17-15(12-19)10-16(21-17)11-18(22)20-13-14-7-5-4-6-8-14/h2-10,12,21H,11,13H2,1H3,(H,20,22)/b3-2-,15-12+,17-9+. The van der Waals surface area contributed by atoms with Crippen molar-refractivity contribution in [3.8, 4) is 0 Å². The number of carbonyl (C=O) groups is 1. The maximum atomic E-state index is 12.8. The van der Waals surface area contributed by atoms with Crippen LogP contribution in [0.1, 0.15) is 18.2 Å². The van der Waals surface area contributed by atoms with E-state index in [1.807, 2.05) is 49.4 Å². The highest BCUT2D eigenvalue weighted by molar-refractivity contribution is 5.78. The molecule has 1 heterocycles. The average Bonchev–Trinajstić information content (AvgIpc) is 2.93. The van der Waals surface area contributed by atoms with Gasteiger partial charge in [0, 0.05) is 22.8 Å². The van der Waals surface area contributed by atoms with Crippen molar-refractivity contribution in [2.24, 2.45) is 0 Å². The number of aromatic amines is 1. The molecule has 0 atom stereocenters. The number of nitrogens with one attached hydrogen (secondary N) is 2. The van der Waals surface area contributed by atoms with Crippen LogP contribution in [0.4, 0.5) is 4.39 Å². The molecule has 0 aliphatic carbocycles. The molecule has 114 valence electrons. The zero-order valence-corrected chi connectivity index (χ0v) is 12.5. The third-order valence-electron chi connectivity index (χ3n) is 3.19. The van der Waals surface area contributed by atoms with E-state index in [2.05, 4.69) is 10.3 Å². The number of hydrogen-bond acceptors (Lipinski definition) is 1. The molecule has 2 rings (SSSR count). The van der Waals surface area contributed by atoms with Crippen molar-refractivity contribution in [1.29, 1.82) is 0 Å². The number of amides is 1. The second-order valence-electron chi connectivity index (χ2n) is 4.90. The molecule has 22 heavy (non-hydrogen) atoms. The Kier molecular flexibility index (Phi) is 5.72. The van der Waals surface area contributed by atoms with Gasteiger partial charge in [0.05, 0.1) is 12.8 Å². The first-order valence-corrected chi connectivity index (χ1v) is 7.15. The van der Waals surface area contributed by atoms with Gasteiger partial charge in [0.15, 0.2) is 0 Å². The second-order valence-corrected chi connectivity index (χ2v) is 4.90. The Morgan fingerprint density at radius 2 is 2.09 bits per heavy atom. The van der Waals surface area contributed by atoms with Gasteiger partial charge in [-0.3, -0.25) is 4.79 Å². The van der Waals surface area contributed by atoms with Crippen LogP contribution in [0, 0.1) is 0 Å². The van der Waals surface area contributed by atoms with Gasteiger partial charge in [-0.05, 0) is 24.6 Å². The lowest BCUT2D eigenvalue weighted by molar-refractivity contribution is -0.120. The van der Waals surface area contributed by atoms with Gasteiger partial charge < -0.3 is 10.3 Å². The Labute approximate surface area is 128 Å². The Balaban J connectivity index is 2.01. The lowest BCUT2D eigenvalue weighted by Gasteiger charge is -2.04. The molecule has 4 heteroatoms. The number of H-pyrrole nitrogens is 1. The fourth-order valence-electron chi connectivity index (χ4n) is 2.09. The van der Waals surface area contributed by atoms with Gasteiger partial charge >= 0.3 is 0 Å². The van der Waals surface area contributed by atoms with Gasteiger partial charge in [-0.1, -0.05) is 42.5 Å². The quantitative estimate of drug-likeness (QED) is 0.870. The number of rotatable bonds is 5. The molecule has 2 N–H and O–H groups in total. The fourth-order valence-corrected chi connectivity index (χ4v) is 2.09. The smallest absolute Gasteiger partial charge is 0.226 e. The fraction of sp³-hybridized carbons (Fsp3) is 0.167. The summed E-state index contributed by atoms with van der Waals surface area (Å²) in [5.74, 6) is -0.104. The third-order valence-corrected chi connectivity index (χ3v) is 3.19. The van der Waals surface area contributed by atoms with E-state index in [4.69, 9.17) is 0 Å². The van der Waals surface area contributed by atoms with Gasteiger partial charge in [0.25, 0.3) is 0 Å². The summed E-state index contributed by atoms with van der Waals surface area (Å²) in [6.07, 6.45) is 6.18. The summed E-state index contributed by atoms with van der Waals surface area (Å²) in [7, 11) is 0. The van der Waals surface area contributed by atoms with Crippen LogP contribution >= 0.6 is 0 Å². The molecule has 1 aromatic heterocycles. The zero-order valence-electron chi connectivity index (χ0n) is 12.5. The number of allylic oxidation sites excluding steroid dienone is 2. The topological polar surface area (TPSA) is 44.9 Å². The number of carbonyl (C=O) groups excluding carboxylic acids is 1. The first-order valence-electron chi connectivity index (χ1n) is 7.15. The summed E-state index contributed by atoms with van der Waals surface area (Å²) in [5.41, 5.74) is 1.73. The van der Waals surface area contributed by atoms with Crippen molar-refractivity contribution >= 4 is 18.3 Å². The monoisotopic (exact) mass is 298 g/mol. The largest absolute Gasteiger partial charge is 0.358 e. The summed E-state index contributed by atoms with van der Waals surface area (Å²) in [4.78, 5) is 15.0. The van der Waals surface area contributed by atoms with Crippen LogP contribution in [-0.4, -0.2) is 10.9 Å². The van der Waals surface area contributed by atoms with Gasteiger partial charge in [0.1, 0.15) is 0 Å². The van der Waals surface area contributed by atoms with Gasteiger partial charge in [-0.25, -0.2) is 4.39 Å². The third kappa shape index (κ3) is 4.45. The first-order chi connectivity index (χ1) is 10.7. The number of benzene rings is 1. The van der Waals surface area contributed by atoms with Crippen LogP contribution in [0.3, 0.4) is 0 Å². The summed E-state index contributed by atoms with van der Waals surface area (Å²) < 4.78 is 12.8. The van der Waals surface area contributed by atoms with E-state index in [-0.39, 0.29) is 12.3 Å². The highest BCUT2D eigenvalue weighted by Gasteiger charge is 2.05. The minimum Gasteiger partial charge on any atom is -0.358 e. The summed E-state index contributed by atoms with van der Waals surface area (Å²) in [5, 5.41) is 3.96. The van der Waals surface area contributed by atoms with Crippen LogP contribution in [0.5, 0.6) is 0 Å². The van der Waals surface area contributed by atoms with Crippen LogP contribution in [0.25, 0.3) is 12.4 Å². The average molecular weight is 298 g/mol. The molecule has 0 saturated carbocycles. The number of aromatic nitrogens is 1. The summed E-state index contributed by atoms with van der Waals surface area (Å²) in [6.45, 7) is 2.37. The Bertz CT molecular complexity index is 760. The highest BCUT2D eigenvalue weighted by atomic mass is 19.1.